The van der Waals surface area contributed by atoms with Gasteiger partial charge in [-0.2, -0.15) is 5.26 Å². The van der Waals surface area contributed by atoms with Crippen molar-refractivity contribution in [3.05, 3.63) is 47.2 Å². The Morgan fingerprint density at radius 1 is 1.08 bits per heavy atom. The van der Waals surface area contributed by atoms with Gasteiger partial charge in [0.2, 0.25) is 11.8 Å². The molecule has 2 heterocycles. The Hall–Kier alpha value is -2.19. The van der Waals surface area contributed by atoms with Crippen LogP contribution < -0.4 is 0 Å². The van der Waals surface area contributed by atoms with E-state index >= 15 is 0 Å². The van der Waals surface area contributed by atoms with Crippen LogP contribution in [-0.2, 0) is 6.54 Å². The largest absolute Gasteiger partial charge is 0.423 e. The fraction of sp³-hybridized carbons (Fsp3) is 0.526. The molecule has 0 spiro atoms. The molecule has 1 aliphatic carbocycles. The average Bonchev–Trinajstić information content (AvgIpc) is 3.03. The van der Waals surface area contributed by atoms with E-state index in [0.717, 1.165) is 42.4 Å². The van der Waals surface area contributed by atoms with Crippen molar-refractivity contribution in [2.75, 3.05) is 6.54 Å². The van der Waals surface area contributed by atoms with Crippen LogP contribution in [0.15, 0.2) is 28.7 Å². The highest BCUT2D eigenvalue weighted by Gasteiger charge is 2.31. The van der Waals surface area contributed by atoms with Crippen LogP contribution in [0.25, 0.3) is 0 Å². The van der Waals surface area contributed by atoms with Gasteiger partial charge >= 0.3 is 0 Å². The van der Waals surface area contributed by atoms with Crippen molar-refractivity contribution in [1.82, 2.24) is 15.1 Å². The monoisotopic (exact) mass is 322 g/mol. The van der Waals surface area contributed by atoms with Gasteiger partial charge in [-0.25, -0.2) is 0 Å². The molecule has 5 heteroatoms. The molecule has 0 radical (unpaired) electrons. The molecule has 2 aliphatic rings. The number of nitrogens with zero attached hydrogens (tertiary/aromatic N) is 4. The first-order valence-electron chi connectivity index (χ1n) is 8.90. The summed E-state index contributed by atoms with van der Waals surface area (Å²) in [5, 5.41) is 18.0. The van der Waals surface area contributed by atoms with E-state index in [0.29, 0.717) is 5.92 Å². The van der Waals surface area contributed by atoms with Crippen LogP contribution in [0.4, 0.5) is 0 Å². The van der Waals surface area contributed by atoms with Crippen molar-refractivity contribution in [3.8, 4) is 6.07 Å². The van der Waals surface area contributed by atoms with E-state index in [-0.39, 0.29) is 6.04 Å². The van der Waals surface area contributed by atoms with E-state index in [2.05, 4.69) is 21.2 Å². The average molecular weight is 322 g/mol. The molecule has 5 nitrogen and oxygen atoms in total. The van der Waals surface area contributed by atoms with E-state index < -0.39 is 0 Å². The van der Waals surface area contributed by atoms with E-state index in [9.17, 15) is 5.26 Å². The van der Waals surface area contributed by atoms with Gasteiger partial charge in [0.1, 0.15) is 0 Å². The van der Waals surface area contributed by atoms with Crippen molar-refractivity contribution >= 4 is 0 Å². The van der Waals surface area contributed by atoms with Gasteiger partial charge in [0.05, 0.1) is 17.7 Å². The van der Waals surface area contributed by atoms with Gasteiger partial charge in [-0.1, -0.05) is 31.0 Å². The van der Waals surface area contributed by atoms with Gasteiger partial charge in [-0.15, -0.1) is 10.2 Å². The molecule has 4 rings (SSSR count). The molecule has 1 saturated heterocycles. The maximum atomic E-state index is 9.32. The highest BCUT2D eigenvalue weighted by Crippen LogP contribution is 2.38. The van der Waals surface area contributed by atoms with Crippen LogP contribution in [0.3, 0.4) is 0 Å². The van der Waals surface area contributed by atoms with Crippen LogP contribution in [0.5, 0.6) is 0 Å². The Bertz CT molecular complexity index is 744. The minimum absolute atomic E-state index is 0.173. The lowest BCUT2D eigenvalue weighted by atomic mass is 9.85. The third kappa shape index (κ3) is 2.94. The molecule has 0 bridgehead atoms. The molecule has 24 heavy (non-hydrogen) atoms. The molecular weight excluding hydrogens is 300 g/mol. The number of rotatable bonds is 4. The van der Waals surface area contributed by atoms with E-state index in [1.807, 2.05) is 24.3 Å². The first-order chi connectivity index (χ1) is 11.8. The first kappa shape index (κ1) is 15.3. The van der Waals surface area contributed by atoms with Crippen LogP contribution in [0.1, 0.15) is 73.4 Å². The smallest absolute Gasteiger partial charge is 0.233 e. The van der Waals surface area contributed by atoms with Gasteiger partial charge in [0, 0.05) is 12.5 Å². The molecule has 1 atom stereocenters. The highest BCUT2D eigenvalue weighted by atomic mass is 16.4. The van der Waals surface area contributed by atoms with Gasteiger partial charge < -0.3 is 4.42 Å². The summed E-state index contributed by atoms with van der Waals surface area (Å²) >= 11 is 0. The normalized spacial score (nSPS) is 22.0. The first-order valence-corrected chi connectivity index (χ1v) is 8.90. The molecule has 124 valence electrons. The van der Waals surface area contributed by atoms with Crippen molar-refractivity contribution in [2.45, 2.75) is 57.0 Å². The summed E-state index contributed by atoms with van der Waals surface area (Å²) in [5.74, 6) is 2.05. The molecule has 0 N–H and O–H groups in total. The summed E-state index contributed by atoms with van der Waals surface area (Å²) < 4.78 is 6.02. The minimum atomic E-state index is 0.173. The number of aromatic nitrogens is 2. The zero-order chi connectivity index (χ0) is 16.4. The fourth-order valence-electron chi connectivity index (χ4n) is 3.65. The van der Waals surface area contributed by atoms with Gasteiger partial charge in [0.25, 0.3) is 0 Å². The van der Waals surface area contributed by atoms with Gasteiger partial charge in [-0.3, -0.25) is 4.90 Å². The number of hydrogen-bond donors (Lipinski definition) is 0. The van der Waals surface area contributed by atoms with Crippen molar-refractivity contribution < 1.29 is 4.42 Å². The zero-order valence-corrected chi connectivity index (χ0v) is 13.8. The maximum absolute atomic E-state index is 9.32. The molecule has 2 aromatic rings. The molecule has 0 unspecified atom stereocenters. The Labute approximate surface area is 142 Å². The van der Waals surface area contributed by atoms with Gasteiger partial charge in [0.15, 0.2) is 0 Å². The Morgan fingerprint density at radius 3 is 2.71 bits per heavy atom. The topological polar surface area (TPSA) is 66.0 Å². The van der Waals surface area contributed by atoms with Crippen molar-refractivity contribution in [1.29, 1.82) is 5.26 Å². The van der Waals surface area contributed by atoms with E-state index in [1.54, 1.807) is 0 Å². The quantitative estimate of drug-likeness (QED) is 0.853. The lowest BCUT2D eigenvalue weighted by Gasteiger charge is -2.33. The van der Waals surface area contributed by atoms with Crippen LogP contribution in [0.2, 0.25) is 0 Å². The van der Waals surface area contributed by atoms with E-state index in [4.69, 9.17) is 4.42 Å². The summed E-state index contributed by atoms with van der Waals surface area (Å²) in [4.78, 5) is 2.39. The molecule has 1 aromatic carbocycles. The van der Waals surface area contributed by atoms with Crippen LogP contribution in [-0.4, -0.2) is 21.6 Å². The lowest BCUT2D eigenvalue weighted by Crippen LogP contribution is -2.33. The Morgan fingerprint density at radius 2 is 1.92 bits per heavy atom. The number of piperidine rings is 1. The molecule has 1 aliphatic heterocycles. The number of nitriles is 1. The summed E-state index contributed by atoms with van der Waals surface area (Å²) in [6.45, 7) is 1.76. The number of likely N-dealkylation sites (tertiary alicyclic amines) is 1. The maximum Gasteiger partial charge on any atom is 0.233 e. The predicted molar refractivity (Wildman–Crippen MR) is 89.0 cm³/mol. The van der Waals surface area contributed by atoms with E-state index in [1.165, 1.54) is 32.1 Å². The summed E-state index contributed by atoms with van der Waals surface area (Å²) in [6, 6.07) is 10.3. The molecular formula is C19H22N4O. The molecule has 0 amide bonds. The summed E-state index contributed by atoms with van der Waals surface area (Å²) in [7, 11) is 0. The molecule has 1 saturated carbocycles. The lowest BCUT2D eigenvalue weighted by molar-refractivity contribution is 0.115. The van der Waals surface area contributed by atoms with Crippen LogP contribution in [0, 0.1) is 11.3 Å². The SMILES string of the molecule is N#Cc1ccccc1CN1CCCC[C@H]1c1nnc(C2CCC2)o1. The Balaban J connectivity index is 1.54. The highest BCUT2D eigenvalue weighted by molar-refractivity contribution is 5.37. The number of hydrogen-bond acceptors (Lipinski definition) is 5. The summed E-state index contributed by atoms with van der Waals surface area (Å²) in [6.07, 6.45) is 7.01. The van der Waals surface area contributed by atoms with Crippen molar-refractivity contribution in [3.63, 3.8) is 0 Å². The fourth-order valence-corrected chi connectivity index (χ4v) is 3.65. The molecule has 2 fully saturated rings. The Kier molecular flexibility index (Phi) is 4.31. The third-order valence-corrected chi connectivity index (χ3v) is 5.32. The predicted octanol–water partition coefficient (Wildman–Crippen LogP) is 3.94. The zero-order valence-electron chi connectivity index (χ0n) is 13.8. The standard InChI is InChI=1S/C19H22N4O/c20-12-15-6-1-2-7-16(15)13-23-11-4-3-10-17(23)19-22-21-18(24-19)14-8-5-9-14/h1-2,6-7,14,17H,3-5,8-11,13H2/t17-/m0/s1. The molecule has 1 aromatic heterocycles. The third-order valence-electron chi connectivity index (χ3n) is 5.32. The van der Waals surface area contributed by atoms with Gasteiger partial charge in [-0.05, 0) is 43.9 Å². The number of benzene rings is 1. The second kappa shape index (κ2) is 6.74. The van der Waals surface area contributed by atoms with Crippen molar-refractivity contribution in [2.24, 2.45) is 0 Å². The summed E-state index contributed by atoms with van der Waals surface area (Å²) in [5.41, 5.74) is 1.83. The van der Waals surface area contributed by atoms with Crippen LogP contribution >= 0.6 is 0 Å². The second-order valence-corrected chi connectivity index (χ2v) is 6.86. The second-order valence-electron chi connectivity index (χ2n) is 6.86. The minimum Gasteiger partial charge on any atom is -0.423 e.